The van der Waals surface area contributed by atoms with Crippen LogP contribution in [0.1, 0.15) is 52.9 Å². The second kappa shape index (κ2) is 4.40. The SMILES string of the molecule is C=C1[C@H]2CC[C@@H]3[C@@H]2C(C)(C)CCC[C@]13C.O=C[O-]. The lowest BCUT2D eigenvalue weighted by Gasteiger charge is -2.35. The van der Waals surface area contributed by atoms with Gasteiger partial charge in [0.1, 0.15) is 0 Å². The van der Waals surface area contributed by atoms with Gasteiger partial charge in [0.25, 0.3) is 0 Å². The van der Waals surface area contributed by atoms with Crippen LogP contribution >= 0.6 is 0 Å². The van der Waals surface area contributed by atoms with Crippen LogP contribution in [0.3, 0.4) is 0 Å². The Kier molecular flexibility index (Phi) is 3.33. The van der Waals surface area contributed by atoms with E-state index in [-0.39, 0.29) is 0 Å². The van der Waals surface area contributed by atoms with E-state index >= 15 is 0 Å². The number of carbonyl (C=O) groups excluding carboxylic acids is 1. The maximum atomic E-state index is 8.25. The molecular formula is C16H25O2-. The molecule has 0 aromatic carbocycles. The van der Waals surface area contributed by atoms with Crippen LogP contribution in [0.5, 0.6) is 0 Å². The van der Waals surface area contributed by atoms with E-state index in [2.05, 4.69) is 27.4 Å². The fraction of sp³-hybridized carbons (Fsp3) is 0.812. The summed E-state index contributed by atoms with van der Waals surface area (Å²) in [6, 6.07) is 0. The van der Waals surface area contributed by atoms with E-state index in [0.29, 0.717) is 10.8 Å². The highest BCUT2D eigenvalue weighted by Crippen LogP contribution is 2.70. The van der Waals surface area contributed by atoms with Crippen LogP contribution in [0.25, 0.3) is 0 Å². The molecule has 4 bridgehead atoms. The predicted octanol–water partition coefficient (Wildman–Crippen LogP) is 2.78. The van der Waals surface area contributed by atoms with E-state index in [9.17, 15) is 0 Å². The fourth-order valence-corrected chi connectivity index (χ4v) is 5.28. The Labute approximate surface area is 110 Å². The molecule has 0 amide bonds. The minimum Gasteiger partial charge on any atom is -0.554 e. The third-order valence-electron chi connectivity index (χ3n) is 6.07. The molecule has 2 nitrogen and oxygen atoms in total. The summed E-state index contributed by atoms with van der Waals surface area (Å²) in [4.78, 5) is 8.25. The van der Waals surface area contributed by atoms with E-state index in [4.69, 9.17) is 9.90 Å². The lowest BCUT2D eigenvalue weighted by atomic mass is 9.69. The van der Waals surface area contributed by atoms with Crippen molar-refractivity contribution < 1.29 is 9.90 Å². The number of allylic oxidation sites excluding steroid dienone is 1. The highest BCUT2D eigenvalue weighted by Gasteiger charge is 2.61. The van der Waals surface area contributed by atoms with Crippen LogP contribution in [-0.4, -0.2) is 6.47 Å². The molecule has 4 atom stereocenters. The number of carboxylic acid groups (broad SMARTS) is 1. The Morgan fingerprint density at radius 1 is 1.28 bits per heavy atom. The van der Waals surface area contributed by atoms with E-state index in [1.165, 1.54) is 32.1 Å². The number of hydrogen-bond acceptors (Lipinski definition) is 2. The Hall–Kier alpha value is -0.790. The summed E-state index contributed by atoms with van der Waals surface area (Å²) in [6.07, 6.45) is 7.18. The molecule has 0 aliphatic heterocycles. The van der Waals surface area contributed by atoms with Crippen LogP contribution in [0.15, 0.2) is 12.2 Å². The highest BCUT2D eigenvalue weighted by molar-refractivity contribution is 5.29. The first kappa shape index (κ1) is 13.6. The lowest BCUT2D eigenvalue weighted by molar-refractivity contribution is -0.283. The summed E-state index contributed by atoms with van der Waals surface area (Å²) in [5.74, 6) is 2.79. The first-order valence-corrected chi connectivity index (χ1v) is 7.13. The quantitative estimate of drug-likeness (QED) is 0.489. The van der Waals surface area contributed by atoms with Gasteiger partial charge in [-0.25, -0.2) is 0 Å². The van der Waals surface area contributed by atoms with Gasteiger partial charge in [0.15, 0.2) is 0 Å². The molecule has 102 valence electrons. The van der Waals surface area contributed by atoms with Crippen LogP contribution in [0.4, 0.5) is 0 Å². The summed E-state index contributed by atoms with van der Waals surface area (Å²) in [7, 11) is 0. The standard InChI is InChI=1S/C15H24.CH2O2/c1-10-11-6-7-12-13(11)14(2,3)8-5-9-15(10,12)4;2-1-3/h11-13H,1,5-9H2,2-4H3;1H,(H,2,3)/p-1/t11-,12-,13-,15-;/m1./s1. The van der Waals surface area contributed by atoms with Gasteiger partial charge in [0, 0.05) is 6.47 Å². The first-order chi connectivity index (χ1) is 8.38. The third-order valence-corrected chi connectivity index (χ3v) is 6.07. The van der Waals surface area contributed by atoms with Crippen molar-refractivity contribution in [3.05, 3.63) is 12.2 Å². The van der Waals surface area contributed by atoms with Crippen LogP contribution in [0.2, 0.25) is 0 Å². The topological polar surface area (TPSA) is 40.1 Å². The van der Waals surface area contributed by atoms with Crippen molar-refractivity contribution in [1.82, 2.24) is 0 Å². The molecular weight excluding hydrogens is 224 g/mol. The molecule has 0 heterocycles. The second-order valence-corrected chi connectivity index (χ2v) is 7.20. The Bertz CT molecular complexity index is 358. The van der Waals surface area contributed by atoms with Crippen molar-refractivity contribution in [1.29, 1.82) is 0 Å². The van der Waals surface area contributed by atoms with Crippen LogP contribution in [-0.2, 0) is 4.79 Å². The van der Waals surface area contributed by atoms with Crippen molar-refractivity contribution in [2.24, 2.45) is 28.6 Å². The van der Waals surface area contributed by atoms with Gasteiger partial charge in [0.05, 0.1) is 0 Å². The van der Waals surface area contributed by atoms with Gasteiger partial charge in [0.2, 0.25) is 0 Å². The van der Waals surface area contributed by atoms with E-state index in [1.807, 2.05) is 0 Å². The molecule has 0 spiro atoms. The molecule has 3 aliphatic rings. The van der Waals surface area contributed by atoms with Crippen LogP contribution < -0.4 is 5.11 Å². The largest absolute Gasteiger partial charge is 0.554 e. The van der Waals surface area contributed by atoms with Crippen molar-refractivity contribution in [2.45, 2.75) is 52.9 Å². The highest BCUT2D eigenvalue weighted by atomic mass is 16.3. The molecule has 0 aromatic heterocycles. The van der Waals surface area contributed by atoms with Crippen LogP contribution in [0, 0.1) is 28.6 Å². The summed E-state index contributed by atoms with van der Waals surface area (Å²) in [6.45, 7) is 11.5. The van der Waals surface area contributed by atoms with Crippen molar-refractivity contribution in [3.63, 3.8) is 0 Å². The monoisotopic (exact) mass is 249 g/mol. The zero-order valence-corrected chi connectivity index (χ0v) is 11.9. The number of hydrogen-bond donors (Lipinski definition) is 0. The zero-order chi connectivity index (χ0) is 13.6. The maximum Gasteiger partial charge on any atom is 0.0275 e. The van der Waals surface area contributed by atoms with Crippen molar-refractivity contribution in [2.75, 3.05) is 0 Å². The van der Waals surface area contributed by atoms with E-state index in [1.54, 1.807) is 5.57 Å². The Morgan fingerprint density at radius 3 is 2.50 bits per heavy atom. The summed E-state index contributed by atoms with van der Waals surface area (Å²) in [5, 5.41) is 8.25. The smallest absolute Gasteiger partial charge is 0.0275 e. The van der Waals surface area contributed by atoms with Gasteiger partial charge < -0.3 is 9.90 Å². The molecule has 18 heavy (non-hydrogen) atoms. The van der Waals surface area contributed by atoms with Gasteiger partial charge in [-0.3, -0.25) is 0 Å². The van der Waals surface area contributed by atoms with E-state index < -0.39 is 6.47 Å². The van der Waals surface area contributed by atoms with Crippen molar-refractivity contribution in [3.8, 4) is 0 Å². The first-order valence-electron chi connectivity index (χ1n) is 7.13. The maximum absolute atomic E-state index is 8.25. The molecule has 0 aromatic rings. The predicted molar refractivity (Wildman–Crippen MR) is 70.6 cm³/mol. The minimum absolute atomic E-state index is 0.500. The molecule has 0 radical (unpaired) electrons. The Balaban J connectivity index is 0.000000367. The number of carbonyl (C=O) groups is 1. The molecule has 2 heteroatoms. The Morgan fingerprint density at radius 2 is 1.89 bits per heavy atom. The summed E-state index contributed by atoms with van der Waals surface area (Å²) >= 11 is 0. The second-order valence-electron chi connectivity index (χ2n) is 7.20. The molecule has 3 fully saturated rings. The summed E-state index contributed by atoms with van der Waals surface area (Å²) in [5.41, 5.74) is 2.71. The molecule has 3 rings (SSSR count). The molecule has 0 unspecified atom stereocenters. The molecule has 0 saturated heterocycles. The average molecular weight is 249 g/mol. The van der Waals surface area contributed by atoms with E-state index in [0.717, 1.165) is 17.8 Å². The molecule has 3 saturated carbocycles. The van der Waals surface area contributed by atoms with Gasteiger partial charge >= 0.3 is 0 Å². The van der Waals surface area contributed by atoms with Gasteiger partial charge in [-0.05, 0) is 54.3 Å². The van der Waals surface area contributed by atoms with Gasteiger partial charge in [-0.1, -0.05) is 39.3 Å². The average Bonchev–Trinajstić information content (AvgIpc) is 2.76. The van der Waals surface area contributed by atoms with Gasteiger partial charge in [-0.2, -0.15) is 0 Å². The minimum atomic E-state index is -0.500. The lowest BCUT2D eigenvalue weighted by Crippen LogP contribution is -2.28. The molecule has 3 aliphatic carbocycles. The van der Waals surface area contributed by atoms with Crippen molar-refractivity contribution >= 4 is 6.47 Å². The zero-order valence-electron chi connectivity index (χ0n) is 11.9. The van der Waals surface area contributed by atoms with Gasteiger partial charge in [-0.15, -0.1) is 0 Å². The third kappa shape index (κ3) is 1.72. The molecule has 0 N–H and O–H groups in total. The normalized spacial score (nSPS) is 43.9. The fourth-order valence-electron chi connectivity index (χ4n) is 5.28. The number of rotatable bonds is 0. The summed E-state index contributed by atoms with van der Waals surface area (Å²) < 4.78 is 0.